The Kier molecular flexibility index (Phi) is 6.21. The number of aliphatic carboxylic acids is 1. The van der Waals surface area contributed by atoms with Crippen LogP contribution in [0.3, 0.4) is 0 Å². The maximum Gasteiger partial charge on any atom is 0.303 e. The Bertz CT molecular complexity index is 938. The van der Waals surface area contributed by atoms with Crippen LogP contribution in [0.1, 0.15) is 30.4 Å². The Balaban J connectivity index is 1.95. The number of carboxylic acid groups (broad SMARTS) is 1. The topological polar surface area (TPSA) is 104 Å². The van der Waals surface area contributed by atoms with Gasteiger partial charge in [-0.3, -0.25) is 9.59 Å². The van der Waals surface area contributed by atoms with E-state index in [1.165, 1.54) is 11.8 Å². The van der Waals surface area contributed by atoms with E-state index in [2.05, 4.69) is 20.9 Å². The van der Waals surface area contributed by atoms with Crippen molar-refractivity contribution in [3.63, 3.8) is 0 Å². The first-order valence-corrected chi connectivity index (χ1v) is 12.3. The highest BCUT2D eigenvalue weighted by Gasteiger charge is 2.50. The molecule has 2 atom stereocenters. The number of amidine groups is 1. The third-order valence-electron chi connectivity index (χ3n) is 4.76. The van der Waals surface area contributed by atoms with Crippen LogP contribution in [0.2, 0.25) is 0 Å². The number of hydrogen-bond acceptors (Lipinski definition) is 5. The second-order valence-corrected chi connectivity index (χ2v) is 11.4. The molecule has 2 heterocycles. The van der Waals surface area contributed by atoms with E-state index in [4.69, 9.17) is 5.11 Å². The molecule has 7 nitrogen and oxygen atoms in total. The average Bonchev–Trinajstić information content (AvgIpc) is 2.98. The first kappa shape index (κ1) is 21.3. The average molecular weight is 489 g/mol. The number of nitrogens with zero attached hydrogens (tertiary/aromatic N) is 2. The summed E-state index contributed by atoms with van der Waals surface area (Å²) in [5.41, 5.74) is 2.80. The van der Waals surface area contributed by atoms with Crippen LogP contribution in [0.25, 0.3) is 0 Å². The fourth-order valence-electron chi connectivity index (χ4n) is 3.66. The molecular formula is C18H21BrN2O5S2. The van der Waals surface area contributed by atoms with Crippen molar-refractivity contribution in [2.45, 2.75) is 44.4 Å². The Morgan fingerprint density at radius 1 is 1.25 bits per heavy atom. The lowest BCUT2D eigenvalue weighted by atomic mass is 10.1. The molecule has 0 radical (unpaired) electrons. The van der Waals surface area contributed by atoms with Crippen molar-refractivity contribution >= 4 is 60.3 Å². The molecule has 10 heteroatoms. The lowest BCUT2D eigenvalue weighted by Crippen LogP contribution is -2.38. The van der Waals surface area contributed by atoms with Crippen molar-refractivity contribution in [3.8, 4) is 0 Å². The molecule has 152 valence electrons. The third-order valence-corrected chi connectivity index (χ3v) is 8.43. The van der Waals surface area contributed by atoms with Crippen molar-refractivity contribution in [3.05, 3.63) is 27.7 Å². The summed E-state index contributed by atoms with van der Waals surface area (Å²) in [5, 5.41) is 9.05. The van der Waals surface area contributed by atoms with Gasteiger partial charge in [-0.1, -0.05) is 27.7 Å². The molecule has 2 saturated heterocycles. The molecule has 0 spiro atoms. The number of anilines is 1. The van der Waals surface area contributed by atoms with Crippen molar-refractivity contribution in [1.82, 2.24) is 0 Å². The molecule has 1 N–H and O–H groups in total. The van der Waals surface area contributed by atoms with Gasteiger partial charge in [-0.25, -0.2) is 8.42 Å². The van der Waals surface area contributed by atoms with Gasteiger partial charge in [0.25, 0.3) is 0 Å². The zero-order valence-electron chi connectivity index (χ0n) is 15.5. The molecule has 0 saturated carbocycles. The fourth-order valence-corrected chi connectivity index (χ4v) is 8.27. The predicted molar refractivity (Wildman–Crippen MR) is 114 cm³/mol. The number of aliphatic imine (C=N–C) groups is 1. The van der Waals surface area contributed by atoms with E-state index in [9.17, 15) is 18.0 Å². The van der Waals surface area contributed by atoms with E-state index in [0.29, 0.717) is 5.17 Å². The molecule has 0 aliphatic carbocycles. The zero-order valence-corrected chi connectivity index (χ0v) is 18.7. The maximum absolute atomic E-state index is 12.3. The second-order valence-electron chi connectivity index (χ2n) is 7.09. The summed E-state index contributed by atoms with van der Waals surface area (Å²) < 4.78 is 25.3. The molecule has 0 bridgehead atoms. The summed E-state index contributed by atoms with van der Waals surface area (Å²) in [4.78, 5) is 29.0. The van der Waals surface area contributed by atoms with Gasteiger partial charge in [0.2, 0.25) is 5.91 Å². The first-order valence-electron chi connectivity index (χ1n) is 8.84. The molecule has 2 aliphatic heterocycles. The minimum absolute atomic E-state index is 0.0336. The van der Waals surface area contributed by atoms with Gasteiger partial charge in [0.15, 0.2) is 15.0 Å². The van der Waals surface area contributed by atoms with Crippen LogP contribution >= 0.6 is 27.7 Å². The monoisotopic (exact) mass is 488 g/mol. The lowest BCUT2D eigenvalue weighted by Gasteiger charge is -2.28. The summed E-state index contributed by atoms with van der Waals surface area (Å²) >= 11 is 4.80. The number of thioether (sulfide) groups is 1. The third kappa shape index (κ3) is 4.60. The largest absolute Gasteiger partial charge is 0.481 e. The molecular weight excluding hydrogens is 468 g/mol. The van der Waals surface area contributed by atoms with Crippen LogP contribution in [-0.2, 0) is 19.4 Å². The van der Waals surface area contributed by atoms with E-state index in [0.717, 1.165) is 21.3 Å². The van der Waals surface area contributed by atoms with Crippen LogP contribution in [0.15, 0.2) is 21.6 Å². The SMILES string of the molecule is Cc1cc(Br)cc(C)c1N1C(=NC(=O)CCCC(=O)O)S[C@H]2CS(=O)(=O)C[C@H]21. The number of carboxylic acids is 1. The highest BCUT2D eigenvalue weighted by molar-refractivity contribution is 9.10. The number of halogens is 1. The molecule has 2 fully saturated rings. The summed E-state index contributed by atoms with van der Waals surface area (Å²) in [7, 11) is -3.13. The molecule has 0 unspecified atom stereocenters. The summed E-state index contributed by atoms with van der Waals surface area (Å²) in [6, 6.07) is 3.64. The van der Waals surface area contributed by atoms with Gasteiger partial charge in [-0.2, -0.15) is 4.99 Å². The number of rotatable bonds is 5. The van der Waals surface area contributed by atoms with Gasteiger partial charge in [0.1, 0.15) is 0 Å². The highest BCUT2D eigenvalue weighted by Crippen LogP contribution is 2.43. The second kappa shape index (κ2) is 8.16. The first-order chi connectivity index (χ1) is 13.1. The smallest absolute Gasteiger partial charge is 0.303 e. The van der Waals surface area contributed by atoms with Crippen LogP contribution in [0, 0.1) is 13.8 Å². The number of carbonyl (C=O) groups is 2. The van der Waals surface area contributed by atoms with Crippen LogP contribution in [-0.4, -0.2) is 53.4 Å². The van der Waals surface area contributed by atoms with Gasteiger partial charge in [0, 0.05) is 28.3 Å². The Morgan fingerprint density at radius 3 is 2.50 bits per heavy atom. The van der Waals surface area contributed by atoms with E-state index >= 15 is 0 Å². The minimum atomic E-state index is -3.13. The standard InChI is InChI=1S/C18H21BrN2O5S2/c1-10-6-12(19)7-11(2)17(10)21-13-8-28(25,26)9-14(13)27-18(21)20-15(22)4-3-5-16(23)24/h6-7,13-14H,3-5,8-9H2,1-2H3,(H,23,24)/t13-,14+/m1/s1. The molecule has 1 amide bonds. The van der Waals surface area contributed by atoms with Crippen molar-refractivity contribution < 1.29 is 23.1 Å². The normalized spacial score (nSPS) is 24.5. The molecule has 0 aromatic heterocycles. The number of amides is 1. The van der Waals surface area contributed by atoms with Gasteiger partial charge in [-0.05, 0) is 43.5 Å². The summed E-state index contributed by atoms with van der Waals surface area (Å²) in [6.07, 6.45) is 0.200. The number of fused-ring (bicyclic) bond motifs is 1. The van der Waals surface area contributed by atoms with E-state index in [1.807, 2.05) is 30.9 Å². The van der Waals surface area contributed by atoms with Gasteiger partial charge < -0.3 is 10.0 Å². The van der Waals surface area contributed by atoms with Gasteiger partial charge >= 0.3 is 5.97 Å². The summed E-state index contributed by atoms with van der Waals surface area (Å²) in [6.45, 7) is 3.89. The minimum Gasteiger partial charge on any atom is -0.481 e. The fraction of sp³-hybridized carbons (Fsp3) is 0.500. The quantitative estimate of drug-likeness (QED) is 0.678. The van der Waals surface area contributed by atoms with E-state index < -0.39 is 15.8 Å². The van der Waals surface area contributed by atoms with Crippen LogP contribution < -0.4 is 4.90 Å². The summed E-state index contributed by atoms with van der Waals surface area (Å²) in [5.74, 6) is -1.23. The van der Waals surface area contributed by atoms with Crippen molar-refractivity contribution in [2.75, 3.05) is 16.4 Å². The Labute approximate surface area is 176 Å². The van der Waals surface area contributed by atoms with Crippen molar-refractivity contribution in [1.29, 1.82) is 0 Å². The Morgan fingerprint density at radius 2 is 1.89 bits per heavy atom. The molecule has 2 aliphatic rings. The number of benzene rings is 1. The van der Waals surface area contributed by atoms with E-state index in [-0.39, 0.29) is 48.0 Å². The molecule has 1 aromatic carbocycles. The zero-order chi connectivity index (χ0) is 20.6. The predicted octanol–water partition coefficient (Wildman–Crippen LogP) is 2.92. The highest BCUT2D eigenvalue weighted by atomic mass is 79.9. The van der Waals surface area contributed by atoms with Crippen LogP contribution in [0.4, 0.5) is 5.69 Å². The Hall–Kier alpha value is -1.39. The molecule has 3 rings (SSSR count). The lowest BCUT2D eigenvalue weighted by molar-refractivity contribution is -0.137. The van der Waals surface area contributed by atoms with Crippen molar-refractivity contribution in [2.24, 2.45) is 4.99 Å². The number of hydrogen-bond donors (Lipinski definition) is 1. The van der Waals surface area contributed by atoms with Crippen LogP contribution in [0.5, 0.6) is 0 Å². The van der Waals surface area contributed by atoms with Gasteiger partial charge in [0.05, 0.1) is 17.5 Å². The molecule has 28 heavy (non-hydrogen) atoms. The van der Waals surface area contributed by atoms with Gasteiger partial charge in [-0.15, -0.1) is 0 Å². The maximum atomic E-state index is 12.3. The number of aryl methyl sites for hydroxylation is 2. The number of carbonyl (C=O) groups excluding carboxylic acids is 1. The van der Waals surface area contributed by atoms with E-state index in [1.54, 1.807) is 0 Å². The number of sulfone groups is 1. The molecule has 1 aromatic rings.